The summed E-state index contributed by atoms with van der Waals surface area (Å²) >= 11 is 0. The summed E-state index contributed by atoms with van der Waals surface area (Å²) in [4.78, 5) is 12.2. The smallest absolute Gasteiger partial charge is 0.335 e. The topological polar surface area (TPSA) is 35.5 Å². The van der Waals surface area contributed by atoms with Crippen molar-refractivity contribution in [3.63, 3.8) is 0 Å². The van der Waals surface area contributed by atoms with Gasteiger partial charge in [-0.3, -0.25) is 0 Å². The van der Waals surface area contributed by atoms with Crippen molar-refractivity contribution in [2.75, 3.05) is 0 Å². The van der Waals surface area contributed by atoms with Crippen molar-refractivity contribution in [3.8, 4) is 17.2 Å². The maximum atomic E-state index is 12.2. The van der Waals surface area contributed by atoms with E-state index in [1.54, 1.807) is 0 Å². The third kappa shape index (κ3) is 2.85. The molecule has 0 spiro atoms. The van der Waals surface area contributed by atoms with Crippen LogP contribution in [-0.2, 0) is 4.79 Å². The Morgan fingerprint density at radius 1 is 1.10 bits per heavy atom. The largest absolute Gasteiger partial charge is 0.456 e. The van der Waals surface area contributed by atoms with E-state index in [1.165, 1.54) is 11.6 Å². The lowest BCUT2D eigenvalue weighted by Crippen LogP contribution is -2.10. The third-order valence-corrected chi connectivity index (χ3v) is 6.26. The summed E-state index contributed by atoms with van der Waals surface area (Å²) < 4.78 is 12.4. The first-order valence-corrected chi connectivity index (χ1v) is 10.5. The molecule has 0 heterocycles. The van der Waals surface area contributed by atoms with Crippen LogP contribution in [0.25, 0.3) is 10.8 Å². The number of allylic oxidation sites excluding steroid dienone is 2. The quantitative estimate of drug-likeness (QED) is 0.202. The van der Waals surface area contributed by atoms with Gasteiger partial charge in [0.2, 0.25) is 0 Å². The van der Waals surface area contributed by atoms with Crippen LogP contribution in [0.1, 0.15) is 48.3 Å². The van der Waals surface area contributed by atoms with Crippen LogP contribution in [0.5, 0.6) is 17.2 Å². The van der Waals surface area contributed by atoms with E-state index >= 15 is 0 Å². The van der Waals surface area contributed by atoms with Crippen molar-refractivity contribution >= 4 is 16.7 Å². The normalized spacial score (nSPS) is 18.8. The number of benzene rings is 3. The second-order valence-corrected chi connectivity index (χ2v) is 8.06. The number of esters is 1. The van der Waals surface area contributed by atoms with E-state index in [9.17, 15) is 4.79 Å². The van der Waals surface area contributed by atoms with Gasteiger partial charge in [0.15, 0.2) is 0 Å². The molecule has 2 atom stereocenters. The van der Waals surface area contributed by atoms with E-state index < -0.39 is 5.97 Å². The summed E-state index contributed by atoms with van der Waals surface area (Å²) in [5.74, 6) is 2.47. The average Bonchev–Trinajstić information content (AvgIpc) is 3.35. The van der Waals surface area contributed by atoms with Gasteiger partial charge >= 0.3 is 5.97 Å². The molecule has 0 amide bonds. The minimum Gasteiger partial charge on any atom is -0.456 e. The lowest BCUT2D eigenvalue weighted by molar-refractivity contribution is -0.128. The van der Waals surface area contributed by atoms with E-state index in [-0.39, 0.29) is 11.8 Å². The van der Waals surface area contributed by atoms with E-state index in [4.69, 9.17) is 9.47 Å². The molecule has 5 rings (SSSR count). The molecule has 0 saturated heterocycles. The third-order valence-electron chi connectivity index (χ3n) is 6.26. The number of hydrogen-bond donors (Lipinski definition) is 0. The zero-order valence-electron chi connectivity index (χ0n) is 17.3. The van der Waals surface area contributed by atoms with Gasteiger partial charge in [0, 0.05) is 39.8 Å². The molecule has 0 aliphatic heterocycles. The highest BCUT2D eigenvalue weighted by molar-refractivity contribution is 6.00. The maximum Gasteiger partial charge on any atom is 0.335 e. The second-order valence-electron chi connectivity index (χ2n) is 8.06. The fourth-order valence-corrected chi connectivity index (χ4v) is 4.98. The number of rotatable bonds is 5. The van der Waals surface area contributed by atoms with Crippen LogP contribution in [0.3, 0.4) is 0 Å². The maximum absolute atomic E-state index is 12.2. The number of hydrogen-bond acceptors (Lipinski definition) is 3. The Hall–Kier alpha value is -3.33. The van der Waals surface area contributed by atoms with Gasteiger partial charge < -0.3 is 9.47 Å². The molecule has 0 radical (unpaired) electrons. The van der Waals surface area contributed by atoms with Gasteiger partial charge in [-0.1, -0.05) is 61.0 Å². The number of ether oxygens (including phenoxy) is 2. The molecular weight excluding hydrogens is 372 g/mol. The molecule has 2 aliphatic carbocycles. The minimum absolute atomic E-state index is 0.270. The molecule has 0 saturated carbocycles. The molecule has 2 bridgehead atoms. The van der Waals surface area contributed by atoms with Gasteiger partial charge in [-0.15, -0.1) is 0 Å². The molecule has 3 heteroatoms. The molecule has 0 N–H and O–H groups in total. The lowest BCUT2D eigenvalue weighted by atomic mass is 9.85. The number of carbonyl (C=O) groups is 1. The number of para-hydroxylation sites is 1. The van der Waals surface area contributed by atoms with Gasteiger partial charge in [0.05, 0.1) is 0 Å². The van der Waals surface area contributed by atoms with Crippen molar-refractivity contribution in [2.24, 2.45) is 0 Å². The van der Waals surface area contributed by atoms with Crippen LogP contribution in [0.2, 0.25) is 0 Å². The summed E-state index contributed by atoms with van der Waals surface area (Å²) in [6.45, 7) is 7.84. The van der Waals surface area contributed by atoms with Crippen molar-refractivity contribution in [2.45, 2.75) is 38.5 Å². The number of aryl methyl sites for hydroxylation is 1. The molecule has 150 valence electrons. The van der Waals surface area contributed by atoms with Gasteiger partial charge in [-0.05, 0) is 38.0 Å². The molecule has 3 aromatic carbocycles. The molecule has 0 aromatic heterocycles. The predicted molar refractivity (Wildman–Crippen MR) is 120 cm³/mol. The molecule has 3 nitrogen and oxygen atoms in total. The number of carbonyl (C=O) groups excluding carboxylic acids is 1. The fourth-order valence-electron chi connectivity index (χ4n) is 4.98. The van der Waals surface area contributed by atoms with Gasteiger partial charge in [-0.25, -0.2) is 4.79 Å². The first-order chi connectivity index (χ1) is 14.6. The first-order valence-electron chi connectivity index (χ1n) is 10.5. The van der Waals surface area contributed by atoms with Gasteiger partial charge in [0.25, 0.3) is 0 Å². The second kappa shape index (κ2) is 7.17. The Kier molecular flexibility index (Phi) is 4.47. The van der Waals surface area contributed by atoms with Crippen molar-refractivity contribution < 1.29 is 14.3 Å². The summed E-state index contributed by atoms with van der Waals surface area (Å²) in [5.41, 5.74) is 4.82. The molecule has 2 unspecified atom stereocenters. The Morgan fingerprint density at radius 2 is 1.90 bits per heavy atom. The van der Waals surface area contributed by atoms with Crippen LogP contribution < -0.4 is 9.47 Å². The number of fused-ring (bicyclic) bond motifs is 6. The Morgan fingerprint density at radius 3 is 2.63 bits per heavy atom. The average molecular weight is 396 g/mol. The Bertz CT molecular complexity index is 1200. The van der Waals surface area contributed by atoms with E-state index in [2.05, 4.69) is 38.6 Å². The molecular formula is C27H24O3. The van der Waals surface area contributed by atoms with Crippen molar-refractivity contribution in [3.05, 3.63) is 89.5 Å². The van der Waals surface area contributed by atoms with Gasteiger partial charge in [0.1, 0.15) is 17.2 Å². The Balaban J connectivity index is 1.82. The van der Waals surface area contributed by atoms with Gasteiger partial charge in [-0.2, -0.15) is 0 Å². The van der Waals surface area contributed by atoms with E-state index in [0.29, 0.717) is 5.75 Å². The SMILES string of the molecule is C=CC(=O)Oc1c2c(c(Oc3ccccc3)c3cc(C)ccc13)C1C=C(CC)C2C1. The zero-order chi connectivity index (χ0) is 20.8. The molecule has 0 fully saturated rings. The standard InChI is InChI=1S/C27H24O3/c1-4-17-14-18-15-21(17)25-24(18)27(29-19-9-7-6-8-10-19)22-13-16(3)11-12-20(22)26(25)30-23(28)5-2/h5-14,18,21H,2,4,15H2,1,3H3. The highest BCUT2D eigenvalue weighted by Gasteiger charge is 2.43. The highest BCUT2D eigenvalue weighted by atomic mass is 16.5. The lowest BCUT2D eigenvalue weighted by Gasteiger charge is -2.25. The first kappa shape index (κ1) is 18.7. The molecule has 30 heavy (non-hydrogen) atoms. The molecule has 2 aliphatic rings. The monoisotopic (exact) mass is 396 g/mol. The summed E-state index contributed by atoms with van der Waals surface area (Å²) in [6, 6.07) is 16.1. The van der Waals surface area contributed by atoms with Crippen LogP contribution in [0.15, 0.2) is 72.8 Å². The summed E-state index contributed by atoms with van der Waals surface area (Å²) in [7, 11) is 0. The fraction of sp³-hybridized carbons (Fsp3) is 0.222. The van der Waals surface area contributed by atoms with Crippen LogP contribution in [0.4, 0.5) is 0 Å². The van der Waals surface area contributed by atoms with E-state index in [1.807, 2.05) is 36.4 Å². The van der Waals surface area contributed by atoms with Crippen molar-refractivity contribution in [1.82, 2.24) is 0 Å². The minimum atomic E-state index is -0.430. The van der Waals surface area contributed by atoms with E-state index in [0.717, 1.165) is 51.8 Å². The van der Waals surface area contributed by atoms with Crippen LogP contribution >= 0.6 is 0 Å². The van der Waals surface area contributed by atoms with Crippen LogP contribution in [-0.4, -0.2) is 5.97 Å². The zero-order valence-corrected chi connectivity index (χ0v) is 17.3. The summed E-state index contributed by atoms with van der Waals surface area (Å²) in [5, 5.41) is 1.88. The Labute approximate surface area is 176 Å². The summed E-state index contributed by atoms with van der Waals surface area (Å²) in [6.07, 6.45) is 5.62. The molecule has 3 aromatic rings. The van der Waals surface area contributed by atoms with Crippen molar-refractivity contribution in [1.29, 1.82) is 0 Å². The predicted octanol–water partition coefficient (Wildman–Crippen LogP) is 6.95. The van der Waals surface area contributed by atoms with Crippen LogP contribution in [0, 0.1) is 6.92 Å². The highest BCUT2D eigenvalue weighted by Crippen LogP contribution is 2.61.